The largest absolute Gasteiger partial charge is 0.495 e. The molecule has 1 N–H and O–H groups in total. The Morgan fingerprint density at radius 2 is 1.70 bits per heavy atom. The van der Waals surface area contributed by atoms with Crippen molar-refractivity contribution in [2.45, 2.75) is 26.6 Å². The van der Waals surface area contributed by atoms with E-state index in [4.69, 9.17) is 9.73 Å². The molecular formula is C31H36N6O5S. The number of anilines is 2. The number of methoxy groups -OCH3 is 1. The molecule has 12 heteroatoms. The summed E-state index contributed by atoms with van der Waals surface area (Å²) in [4.78, 5) is 39.4. The lowest BCUT2D eigenvalue weighted by Crippen LogP contribution is -2.38. The Morgan fingerprint density at radius 1 is 1.02 bits per heavy atom. The van der Waals surface area contributed by atoms with Gasteiger partial charge in [0.1, 0.15) is 11.6 Å². The Bertz CT molecular complexity index is 1850. The molecule has 0 saturated carbocycles. The predicted octanol–water partition coefficient (Wildman–Crippen LogP) is 4.17. The maximum atomic E-state index is 14.0. The molecule has 0 atom stereocenters. The molecule has 0 saturated heterocycles. The highest BCUT2D eigenvalue weighted by molar-refractivity contribution is 7.88. The Hall–Kier alpha value is -4.55. The summed E-state index contributed by atoms with van der Waals surface area (Å²) >= 11 is 0. The van der Waals surface area contributed by atoms with Gasteiger partial charge in [-0.05, 0) is 68.8 Å². The first-order valence-electron chi connectivity index (χ1n) is 13.8. The number of aryl methyl sites for hydroxylation is 1. The van der Waals surface area contributed by atoms with Gasteiger partial charge in [0.15, 0.2) is 11.5 Å². The molecule has 4 aromatic rings. The number of fused-ring (bicyclic) bond motifs is 1. The molecule has 1 aromatic heterocycles. The van der Waals surface area contributed by atoms with E-state index in [0.29, 0.717) is 22.6 Å². The summed E-state index contributed by atoms with van der Waals surface area (Å²) in [6, 6.07) is 19.1. The van der Waals surface area contributed by atoms with Gasteiger partial charge in [-0.25, -0.2) is 22.7 Å². The lowest BCUT2D eigenvalue weighted by atomic mass is 10.1. The van der Waals surface area contributed by atoms with Crippen molar-refractivity contribution in [2.75, 3.05) is 44.5 Å². The van der Waals surface area contributed by atoms with Gasteiger partial charge >= 0.3 is 0 Å². The lowest BCUT2D eigenvalue weighted by molar-refractivity contribution is -0.110. The molecule has 0 bridgehead atoms. The third kappa shape index (κ3) is 6.76. The average molecular weight is 605 g/mol. The topological polar surface area (TPSA) is 126 Å². The van der Waals surface area contributed by atoms with E-state index in [1.54, 1.807) is 54.6 Å². The van der Waals surface area contributed by atoms with Crippen molar-refractivity contribution in [3.8, 4) is 5.75 Å². The van der Waals surface area contributed by atoms with Gasteiger partial charge in [-0.2, -0.15) is 0 Å². The van der Waals surface area contributed by atoms with E-state index in [-0.39, 0.29) is 16.9 Å². The summed E-state index contributed by atoms with van der Waals surface area (Å²) in [6.07, 6.45) is 0. The highest BCUT2D eigenvalue weighted by Gasteiger charge is 2.27. The molecule has 4 rings (SSSR count). The van der Waals surface area contributed by atoms with E-state index in [1.807, 2.05) is 19.1 Å². The Kier molecular flexibility index (Phi) is 9.62. The minimum absolute atomic E-state index is 0.186. The molecule has 0 radical (unpaired) electrons. The van der Waals surface area contributed by atoms with E-state index >= 15 is 0 Å². The number of benzene rings is 3. The van der Waals surface area contributed by atoms with Crippen molar-refractivity contribution < 1.29 is 17.9 Å². The monoisotopic (exact) mass is 604 g/mol. The number of sulfonamides is 1. The Balaban J connectivity index is 2.00. The number of nitrogens with one attached hydrogen (secondary N) is 1. The molecule has 11 nitrogen and oxygen atoms in total. The van der Waals surface area contributed by atoms with E-state index < -0.39 is 27.4 Å². The van der Waals surface area contributed by atoms with Crippen LogP contribution in [0, 0.1) is 6.92 Å². The summed E-state index contributed by atoms with van der Waals surface area (Å²) in [5.41, 5.74) is 2.06. The number of carbonyl (C=O) groups is 1. The van der Waals surface area contributed by atoms with Crippen LogP contribution < -0.4 is 20.5 Å². The number of carbonyl (C=O) groups excluding carboxylic acids is 1. The zero-order valence-corrected chi connectivity index (χ0v) is 26.0. The van der Waals surface area contributed by atoms with Gasteiger partial charge in [0, 0.05) is 32.9 Å². The van der Waals surface area contributed by atoms with Crippen LogP contribution >= 0.6 is 0 Å². The molecule has 226 valence electrons. The van der Waals surface area contributed by atoms with Gasteiger partial charge in [-0.1, -0.05) is 24.3 Å². The van der Waals surface area contributed by atoms with Gasteiger partial charge in [0.25, 0.3) is 11.5 Å². The molecule has 43 heavy (non-hydrogen) atoms. The van der Waals surface area contributed by atoms with Crippen LogP contribution in [-0.4, -0.2) is 68.2 Å². The number of aromatic nitrogens is 2. The second-order valence-corrected chi connectivity index (χ2v) is 12.1. The fourth-order valence-electron chi connectivity index (χ4n) is 4.55. The summed E-state index contributed by atoms with van der Waals surface area (Å²) in [6.45, 7) is 7.64. The van der Waals surface area contributed by atoms with Crippen LogP contribution in [0.5, 0.6) is 5.75 Å². The summed E-state index contributed by atoms with van der Waals surface area (Å²) in [5, 5.41) is 3.02. The van der Waals surface area contributed by atoms with E-state index in [9.17, 15) is 18.0 Å². The predicted molar refractivity (Wildman–Crippen MR) is 171 cm³/mol. The fourth-order valence-corrected chi connectivity index (χ4v) is 5.35. The van der Waals surface area contributed by atoms with Gasteiger partial charge in [0.2, 0.25) is 10.0 Å². The first kappa shape index (κ1) is 31.4. The molecule has 1 amide bonds. The number of nitrogens with zero attached hydrogens (tertiary/aromatic N) is 5. The molecule has 0 aliphatic rings. The highest BCUT2D eigenvalue weighted by Crippen LogP contribution is 2.27. The van der Waals surface area contributed by atoms with Gasteiger partial charge < -0.3 is 15.0 Å². The average Bonchev–Trinajstić information content (AvgIpc) is 2.99. The maximum absolute atomic E-state index is 14.0. The van der Waals surface area contributed by atoms with Crippen molar-refractivity contribution in [2.24, 2.45) is 4.99 Å². The number of para-hydroxylation sites is 3. The Labute approximate surface area is 251 Å². The van der Waals surface area contributed by atoms with Gasteiger partial charge in [-0.15, -0.1) is 0 Å². The zero-order valence-electron chi connectivity index (χ0n) is 25.2. The molecular weight excluding hydrogens is 568 g/mol. The fraction of sp³-hybridized carbons (Fsp3) is 0.290. The summed E-state index contributed by atoms with van der Waals surface area (Å²) in [7, 11) is 0.277. The van der Waals surface area contributed by atoms with Crippen LogP contribution in [0.3, 0.4) is 0 Å². The highest BCUT2D eigenvalue weighted by atomic mass is 32.2. The number of amides is 1. The molecule has 0 aliphatic carbocycles. The van der Waals surface area contributed by atoms with Crippen LogP contribution in [-0.2, 0) is 20.7 Å². The van der Waals surface area contributed by atoms with Crippen LogP contribution in [0.4, 0.5) is 17.1 Å². The minimum atomic E-state index is -3.95. The summed E-state index contributed by atoms with van der Waals surface area (Å²) < 4.78 is 33.5. The number of aliphatic imine (C=N–C) groups is 1. The third-order valence-corrected chi connectivity index (χ3v) is 8.73. The zero-order chi connectivity index (χ0) is 31.3. The second-order valence-electron chi connectivity index (χ2n) is 9.97. The molecule has 0 spiro atoms. The van der Waals surface area contributed by atoms with Crippen LogP contribution in [0.1, 0.15) is 25.2 Å². The number of ether oxygens (including phenoxy) is 1. The Morgan fingerprint density at radius 3 is 2.35 bits per heavy atom. The number of rotatable bonds is 11. The SMILES string of the molecule is CCN(CC)c1ccc(/N=C(\C(=O)Nc2ccccc2OC)c2nc3ccccc3c(=O)n2CS(=O)(=O)N(C)C)c(C)c1. The minimum Gasteiger partial charge on any atom is -0.495 e. The van der Waals surface area contributed by atoms with E-state index in [1.165, 1.54) is 21.2 Å². The number of hydrogen-bond donors (Lipinski definition) is 1. The van der Waals surface area contributed by atoms with E-state index in [0.717, 1.165) is 33.2 Å². The van der Waals surface area contributed by atoms with Crippen LogP contribution in [0.25, 0.3) is 10.9 Å². The summed E-state index contributed by atoms with van der Waals surface area (Å²) in [5.74, 6) is -1.22. The molecule has 0 aliphatic heterocycles. The van der Waals surface area contributed by atoms with E-state index in [2.05, 4.69) is 29.0 Å². The van der Waals surface area contributed by atoms with Crippen LogP contribution in [0.15, 0.2) is 76.5 Å². The molecule has 0 unspecified atom stereocenters. The standard InChI is InChI=1S/C31H36N6O5S/c1-7-36(8-2)22-17-18-24(21(3)19-22)32-28(30(38)34-26-15-11-12-16-27(26)42-6)29-33-25-14-10-9-13-23(25)31(39)37(29)20-43(40,41)35(4)5/h9-19H,7-8,20H2,1-6H3,(H,34,38)/b32-28-. The number of hydrogen-bond acceptors (Lipinski definition) is 8. The first-order valence-corrected chi connectivity index (χ1v) is 15.4. The quantitative estimate of drug-likeness (QED) is 0.255. The third-order valence-electron chi connectivity index (χ3n) is 7.03. The van der Waals surface area contributed by atoms with Crippen molar-refractivity contribution in [1.29, 1.82) is 0 Å². The van der Waals surface area contributed by atoms with Crippen molar-refractivity contribution >= 4 is 49.6 Å². The smallest absolute Gasteiger partial charge is 0.278 e. The lowest BCUT2D eigenvalue weighted by Gasteiger charge is -2.22. The normalized spacial score (nSPS) is 12.0. The first-order chi connectivity index (χ1) is 20.5. The maximum Gasteiger partial charge on any atom is 0.278 e. The van der Waals surface area contributed by atoms with Crippen molar-refractivity contribution in [1.82, 2.24) is 13.9 Å². The van der Waals surface area contributed by atoms with Crippen molar-refractivity contribution in [3.63, 3.8) is 0 Å². The van der Waals surface area contributed by atoms with Gasteiger partial charge in [-0.3, -0.25) is 14.2 Å². The molecule has 0 fully saturated rings. The second kappa shape index (κ2) is 13.2. The van der Waals surface area contributed by atoms with Crippen molar-refractivity contribution in [3.05, 3.63) is 88.5 Å². The molecule has 1 heterocycles. The van der Waals surface area contributed by atoms with Gasteiger partial charge in [0.05, 0.1) is 29.4 Å². The molecule has 3 aromatic carbocycles. The van der Waals surface area contributed by atoms with Crippen LogP contribution in [0.2, 0.25) is 0 Å².